The second kappa shape index (κ2) is 11.7. The highest BCUT2D eigenvalue weighted by atomic mass is 16.5. The van der Waals surface area contributed by atoms with Gasteiger partial charge in [0.1, 0.15) is 18.1 Å². The Hall–Kier alpha value is -3.05. The molecule has 0 heterocycles. The van der Waals surface area contributed by atoms with Gasteiger partial charge in [-0.2, -0.15) is 0 Å². The zero-order valence-corrected chi connectivity index (χ0v) is 16.3. The maximum Gasteiger partial charge on any atom is 0.335 e. The predicted molar refractivity (Wildman–Crippen MR) is 108 cm³/mol. The van der Waals surface area contributed by atoms with Crippen LogP contribution in [0.2, 0.25) is 0 Å². The smallest absolute Gasteiger partial charge is 0.335 e. The molecule has 2 atom stereocenters. The summed E-state index contributed by atoms with van der Waals surface area (Å²) in [6.07, 6.45) is -0.160. The molecule has 6 nitrogen and oxygen atoms in total. The number of phenols is 1. The van der Waals surface area contributed by atoms with Crippen molar-refractivity contribution in [2.24, 2.45) is 0 Å². The van der Waals surface area contributed by atoms with Gasteiger partial charge in [-0.05, 0) is 42.8 Å². The van der Waals surface area contributed by atoms with E-state index in [1.165, 1.54) is 12.1 Å². The van der Waals surface area contributed by atoms with Gasteiger partial charge in [-0.25, -0.2) is 4.79 Å². The number of carbonyl (C=O) groups excluding carboxylic acids is 1. The van der Waals surface area contributed by atoms with Crippen LogP contribution in [0.3, 0.4) is 0 Å². The molecular formula is C23H26O6. The standard InChI is InChI=1S/C23H26O6/c1-2-28-23(27)22(26)15-17(16-29-20-8-4-3-5-9-20)7-6-10-21(25)18-11-13-19(24)14-12-18/h3-6,8-9,11-14,21-22,24-26H,2,10,15-16H2,1H3/t7?,21-,22-/m1/s1. The molecule has 0 saturated heterocycles. The van der Waals surface area contributed by atoms with Gasteiger partial charge in [0.25, 0.3) is 0 Å². The van der Waals surface area contributed by atoms with Crippen LogP contribution in [0, 0.1) is 0 Å². The number of para-hydroxylation sites is 1. The summed E-state index contributed by atoms with van der Waals surface area (Å²) < 4.78 is 10.5. The first-order valence-electron chi connectivity index (χ1n) is 9.42. The fourth-order valence-corrected chi connectivity index (χ4v) is 2.55. The van der Waals surface area contributed by atoms with E-state index >= 15 is 0 Å². The van der Waals surface area contributed by atoms with E-state index in [4.69, 9.17) is 9.47 Å². The fraction of sp³-hybridized carbons (Fsp3) is 0.304. The first kappa shape index (κ1) is 22.2. The Kier molecular flexibility index (Phi) is 8.99. The summed E-state index contributed by atoms with van der Waals surface area (Å²) in [6.45, 7) is 1.99. The number of aliphatic hydroxyl groups is 2. The number of hydrogen-bond donors (Lipinski definition) is 3. The zero-order valence-electron chi connectivity index (χ0n) is 16.3. The third-order valence-corrected chi connectivity index (χ3v) is 4.08. The summed E-state index contributed by atoms with van der Waals surface area (Å²) in [4.78, 5) is 11.7. The normalized spacial score (nSPS) is 12.4. The lowest BCUT2D eigenvalue weighted by Gasteiger charge is -2.12. The third kappa shape index (κ3) is 7.84. The molecule has 2 aromatic carbocycles. The Morgan fingerprint density at radius 1 is 1.10 bits per heavy atom. The van der Waals surface area contributed by atoms with Gasteiger partial charge < -0.3 is 24.8 Å². The van der Waals surface area contributed by atoms with Crippen molar-refractivity contribution in [3.63, 3.8) is 0 Å². The number of esters is 1. The SMILES string of the molecule is CCOC(=O)[C@H](O)CC(=C=CC[C@@H](O)c1ccc(O)cc1)COc1ccccc1. The lowest BCUT2D eigenvalue weighted by molar-refractivity contribution is -0.152. The first-order chi connectivity index (χ1) is 14.0. The van der Waals surface area contributed by atoms with Gasteiger partial charge in [-0.1, -0.05) is 30.3 Å². The number of rotatable bonds is 10. The van der Waals surface area contributed by atoms with E-state index in [2.05, 4.69) is 5.73 Å². The molecular weight excluding hydrogens is 372 g/mol. The first-order valence-corrected chi connectivity index (χ1v) is 9.42. The molecule has 6 heteroatoms. The van der Waals surface area contributed by atoms with Crippen LogP contribution < -0.4 is 4.74 Å². The summed E-state index contributed by atoms with van der Waals surface area (Å²) in [5, 5.41) is 29.6. The highest BCUT2D eigenvalue weighted by Crippen LogP contribution is 2.20. The second-order valence-electron chi connectivity index (χ2n) is 6.37. The number of hydrogen-bond acceptors (Lipinski definition) is 6. The minimum atomic E-state index is -1.31. The van der Waals surface area contributed by atoms with E-state index in [0.717, 1.165) is 0 Å². The molecule has 0 fully saturated rings. The van der Waals surface area contributed by atoms with Crippen LogP contribution in [-0.4, -0.2) is 40.6 Å². The van der Waals surface area contributed by atoms with Crippen LogP contribution in [0.15, 0.2) is 72.0 Å². The molecule has 0 radical (unpaired) electrons. The van der Waals surface area contributed by atoms with Crippen molar-refractivity contribution in [2.45, 2.75) is 32.0 Å². The monoisotopic (exact) mass is 398 g/mol. The van der Waals surface area contributed by atoms with Gasteiger partial charge in [0, 0.05) is 18.4 Å². The molecule has 0 aliphatic heterocycles. The molecule has 0 aliphatic carbocycles. The highest BCUT2D eigenvalue weighted by molar-refractivity contribution is 5.74. The Morgan fingerprint density at radius 3 is 2.45 bits per heavy atom. The minimum absolute atomic E-state index is 0.0114. The van der Waals surface area contributed by atoms with Gasteiger partial charge in [0.2, 0.25) is 0 Å². The Bertz CT molecular complexity index is 822. The molecule has 2 aromatic rings. The van der Waals surface area contributed by atoms with Crippen LogP contribution in [0.5, 0.6) is 11.5 Å². The van der Waals surface area contributed by atoms with Crippen LogP contribution in [0.4, 0.5) is 0 Å². The maximum atomic E-state index is 11.7. The number of aliphatic hydroxyl groups excluding tert-OH is 2. The second-order valence-corrected chi connectivity index (χ2v) is 6.37. The van der Waals surface area contributed by atoms with Crippen molar-refractivity contribution < 1.29 is 29.6 Å². The van der Waals surface area contributed by atoms with Gasteiger partial charge in [-0.3, -0.25) is 0 Å². The molecule has 29 heavy (non-hydrogen) atoms. The van der Waals surface area contributed by atoms with E-state index < -0.39 is 18.2 Å². The number of ether oxygens (including phenoxy) is 2. The quantitative estimate of drug-likeness (QED) is 0.420. The van der Waals surface area contributed by atoms with Crippen molar-refractivity contribution >= 4 is 5.97 Å². The molecule has 154 valence electrons. The zero-order chi connectivity index (χ0) is 21.1. The predicted octanol–water partition coefficient (Wildman–Crippen LogP) is 3.29. The molecule has 0 unspecified atom stereocenters. The van der Waals surface area contributed by atoms with Crippen molar-refractivity contribution in [1.82, 2.24) is 0 Å². The molecule has 3 N–H and O–H groups in total. The summed E-state index contributed by atoms with van der Waals surface area (Å²) in [5.41, 5.74) is 4.24. The van der Waals surface area contributed by atoms with Crippen LogP contribution in [0.1, 0.15) is 31.4 Å². The van der Waals surface area contributed by atoms with Crippen molar-refractivity contribution in [3.8, 4) is 11.5 Å². The number of phenolic OH excluding ortho intramolecular Hbond substituents is 1. The van der Waals surface area contributed by atoms with Gasteiger partial charge in [0.05, 0.1) is 12.7 Å². The molecule has 2 rings (SSSR count). The number of carbonyl (C=O) groups is 1. The van der Waals surface area contributed by atoms with Crippen LogP contribution >= 0.6 is 0 Å². The number of benzene rings is 2. The minimum Gasteiger partial charge on any atom is -0.508 e. The summed E-state index contributed by atoms with van der Waals surface area (Å²) >= 11 is 0. The summed E-state index contributed by atoms with van der Waals surface area (Å²) in [5.74, 6) is 0.0851. The van der Waals surface area contributed by atoms with Crippen molar-refractivity contribution in [2.75, 3.05) is 13.2 Å². The van der Waals surface area contributed by atoms with E-state index in [-0.39, 0.29) is 31.8 Å². The van der Waals surface area contributed by atoms with Crippen LogP contribution in [-0.2, 0) is 9.53 Å². The Labute approximate surface area is 170 Å². The molecule has 0 bridgehead atoms. The van der Waals surface area contributed by atoms with Crippen LogP contribution in [0.25, 0.3) is 0 Å². The molecule has 0 spiro atoms. The largest absolute Gasteiger partial charge is 0.508 e. The van der Waals surface area contributed by atoms with Gasteiger partial charge in [0.15, 0.2) is 6.10 Å². The average Bonchev–Trinajstić information content (AvgIpc) is 2.73. The van der Waals surface area contributed by atoms with E-state index in [1.807, 2.05) is 18.2 Å². The van der Waals surface area contributed by atoms with Crippen molar-refractivity contribution in [1.29, 1.82) is 0 Å². The van der Waals surface area contributed by atoms with E-state index in [0.29, 0.717) is 16.9 Å². The Balaban J connectivity index is 2.07. The summed E-state index contributed by atoms with van der Waals surface area (Å²) in [6, 6.07) is 15.5. The third-order valence-electron chi connectivity index (χ3n) is 4.08. The van der Waals surface area contributed by atoms with E-state index in [1.54, 1.807) is 37.3 Å². The lowest BCUT2D eigenvalue weighted by Crippen LogP contribution is -2.24. The molecule has 0 saturated carbocycles. The van der Waals surface area contributed by atoms with Crippen molar-refractivity contribution in [3.05, 3.63) is 77.5 Å². The molecule has 0 amide bonds. The number of aromatic hydroxyl groups is 1. The fourth-order valence-electron chi connectivity index (χ4n) is 2.55. The maximum absolute atomic E-state index is 11.7. The highest BCUT2D eigenvalue weighted by Gasteiger charge is 2.18. The molecule has 0 aromatic heterocycles. The summed E-state index contributed by atoms with van der Waals surface area (Å²) in [7, 11) is 0. The average molecular weight is 398 g/mol. The topological polar surface area (TPSA) is 96.2 Å². The molecule has 0 aliphatic rings. The Morgan fingerprint density at radius 2 is 1.79 bits per heavy atom. The van der Waals surface area contributed by atoms with Gasteiger partial charge in [-0.15, -0.1) is 5.73 Å². The lowest BCUT2D eigenvalue weighted by atomic mass is 10.1. The van der Waals surface area contributed by atoms with Gasteiger partial charge >= 0.3 is 5.97 Å². The van der Waals surface area contributed by atoms with E-state index in [9.17, 15) is 20.1 Å².